The Hall–Kier alpha value is -3.74. The van der Waals surface area contributed by atoms with Gasteiger partial charge in [0.25, 0.3) is 5.56 Å². The normalized spacial score (nSPS) is 12.1. The Kier molecular flexibility index (Phi) is 5.42. The molecular formula is C24H25N5O2. The Morgan fingerprint density at radius 2 is 1.68 bits per heavy atom. The average molecular weight is 415 g/mol. The van der Waals surface area contributed by atoms with E-state index in [2.05, 4.69) is 15.5 Å². The molecule has 0 saturated carbocycles. The van der Waals surface area contributed by atoms with Crippen molar-refractivity contribution in [1.82, 2.24) is 24.9 Å². The summed E-state index contributed by atoms with van der Waals surface area (Å²) >= 11 is 0. The molecule has 0 unspecified atom stereocenters. The Balaban J connectivity index is 1.69. The van der Waals surface area contributed by atoms with E-state index in [9.17, 15) is 9.59 Å². The predicted molar refractivity (Wildman–Crippen MR) is 120 cm³/mol. The number of carbonyl (C=O) groups is 1. The van der Waals surface area contributed by atoms with Crippen molar-refractivity contribution in [2.75, 3.05) is 0 Å². The summed E-state index contributed by atoms with van der Waals surface area (Å²) in [6, 6.07) is 16.8. The van der Waals surface area contributed by atoms with E-state index in [1.54, 1.807) is 11.6 Å². The minimum atomic E-state index is -0.760. The standard InChI is InChI=1S/C24H25N5O2/c1-15-10-12-20(13-11-15)28-17(3)21-16(2)26-29(24(31)22(21)27-28)18(4)23(30)25-14-19-8-6-5-7-9-19/h5-13,18H,14H2,1-4H3,(H,25,30)/t18-/m0/s1. The molecule has 0 spiro atoms. The highest BCUT2D eigenvalue weighted by atomic mass is 16.2. The van der Waals surface area contributed by atoms with Crippen LogP contribution in [0.2, 0.25) is 0 Å². The lowest BCUT2D eigenvalue weighted by atomic mass is 10.2. The number of hydrogen-bond acceptors (Lipinski definition) is 4. The van der Waals surface area contributed by atoms with E-state index in [0.717, 1.165) is 27.9 Å². The predicted octanol–water partition coefficient (Wildman–Crippen LogP) is 3.38. The van der Waals surface area contributed by atoms with Crippen LogP contribution in [0.5, 0.6) is 0 Å². The van der Waals surface area contributed by atoms with Crippen LogP contribution in [0.3, 0.4) is 0 Å². The van der Waals surface area contributed by atoms with Gasteiger partial charge in [0, 0.05) is 6.54 Å². The van der Waals surface area contributed by atoms with E-state index in [1.807, 2.05) is 75.4 Å². The van der Waals surface area contributed by atoms with Crippen LogP contribution >= 0.6 is 0 Å². The largest absolute Gasteiger partial charge is 0.350 e. The molecule has 31 heavy (non-hydrogen) atoms. The molecule has 1 N–H and O–H groups in total. The Morgan fingerprint density at radius 3 is 2.35 bits per heavy atom. The molecule has 0 fully saturated rings. The van der Waals surface area contributed by atoms with Crippen LogP contribution in [0, 0.1) is 20.8 Å². The summed E-state index contributed by atoms with van der Waals surface area (Å²) in [6.07, 6.45) is 0. The maximum absolute atomic E-state index is 13.2. The number of amides is 1. The Morgan fingerprint density at radius 1 is 1.00 bits per heavy atom. The van der Waals surface area contributed by atoms with Gasteiger partial charge in [-0.25, -0.2) is 9.36 Å². The summed E-state index contributed by atoms with van der Waals surface area (Å²) in [6.45, 7) is 7.84. The molecule has 2 aromatic carbocycles. The van der Waals surface area contributed by atoms with Crippen LogP contribution < -0.4 is 10.9 Å². The van der Waals surface area contributed by atoms with Crippen LogP contribution in [0.1, 0.15) is 35.5 Å². The lowest BCUT2D eigenvalue weighted by molar-refractivity contribution is -0.124. The van der Waals surface area contributed by atoms with Crippen LogP contribution in [0.15, 0.2) is 59.4 Å². The van der Waals surface area contributed by atoms with Gasteiger partial charge in [0.15, 0.2) is 5.52 Å². The Bertz CT molecular complexity index is 1300. The van der Waals surface area contributed by atoms with Crippen molar-refractivity contribution in [3.63, 3.8) is 0 Å². The molecule has 0 aliphatic rings. The summed E-state index contributed by atoms with van der Waals surface area (Å²) in [4.78, 5) is 25.9. The maximum Gasteiger partial charge on any atom is 0.295 e. The second-order valence-corrected chi connectivity index (χ2v) is 7.77. The zero-order valence-electron chi connectivity index (χ0n) is 18.1. The van der Waals surface area contributed by atoms with E-state index in [-0.39, 0.29) is 11.5 Å². The van der Waals surface area contributed by atoms with Gasteiger partial charge in [-0.1, -0.05) is 48.0 Å². The first-order valence-electron chi connectivity index (χ1n) is 10.2. The van der Waals surface area contributed by atoms with Crippen LogP contribution in [-0.4, -0.2) is 25.5 Å². The van der Waals surface area contributed by atoms with E-state index in [0.29, 0.717) is 17.8 Å². The minimum absolute atomic E-state index is 0.271. The molecule has 1 atom stereocenters. The van der Waals surface area contributed by atoms with Crippen molar-refractivity contribution in [1.29, 1.82) is 0 Å². The molecule has 4 rings (SSSR count). The van der Waals surface area contributed by atoms with E-state index in [4.69, 9.17) is 0 Å². The Labute approximate surface area is 180 Å². The zero-order valence-corrected chi connectivity index (χ0v) is 18.1. The van der Waals surface area contributed by atoms with Crippen molar-refractivity contribution in [2.45, 2.75) is 40.3 Å². The van der Waals surface area contributed by atoms with Crippen molar-refractivity contribution in [3.8, 4) is 5.69 Å². The number of fused-ring (bicyclic) bond motifs is 1. The van der Waals surface area contributed by atoms with Crippen molar-refractivity contribution < 1.29 is 4.79 Å². The average Bonchev–Trinajstić information content (AvgIpc) is 3.13. The molecule has 4 aromatic rings. The minimum Gasteiger partial charge on any atom is -0.350 e. The molecule has 0 aliphatic heterocycles. The number of carbonyl (C=O) groups excluding carboxylic acids is 1. The highest BCUT2D eigenvalue weighted by Crippen LogP contribution is 2.22. The number of rotatable bonds is 5. The van der Waals surface area contributed by atoms with Gasteiger partial charge in [-0.15, -0.1) is 0 Å². The fourth-order valence-electron chi connectivity index (χ4n) is 3.69. The molecule has 0 saturated heterocycles. The van der Waals surface area contributed by atoms with Gasteiger partial charge < -0.3 is 5.32 Å². The molecule has 158 valence electrons. The molecule has 2 aromatic heterocycles. The quantitative estimate of drug-likeness (QED) is 0.542. The first-order chi connectivity index (χ1) is 14.9. The molecular weight excluding hydrogens is 390 g/mol. The van der Waals surface area contributed by atoms with Gasteiger partial charge in [0.05, 0.1) is 22.5 Å². The van der Waals surface area contributed by atoms with Crippen molar-refractivity contribution in [2.24, 2.45) is 0 Å². The smallest absolute Gasteiger partial charge is 0.295 e. The monoisotopic (exact) mass is 415 g/mol. The van der Waals surface area contributed by atoms with Gasteiger partial charge in [-0.05, 0) is 45.4 Å². The number of nitrogens with one attached hydrogen (secondary N) is 1. The molecule has 0 aliphatic carbocycles. The summed E-state index contributed by atoms with van der Waals surface area (Å²) in [7, 11) is 0. The highest BCUT2D eigenvalue weighted by Gasteiger charge is 2.23. The fraction of sp³-hybridized carbons (Fsp3) is 0.250. The molecule has 0 radical (unpaired) electrons. The van der Waals surface area contributed by atoms with E-state index >= 15 is 0 Å². The topological polar surface area (TPSA) is 81.8 Å². The summed E-state index contributed by atoms with van der Waals surface area (Å²) < 4.78 is 2.98. The van der Waals surface area contributed by atoms with Gasteiger partial charge in [0.2, 0.25) is 5.91 Å². The second-order valence-electron chi connectivity index (χ2n) is 7.77. The van der Waals surface area contributed by atoms with Crippen molar-refractivity contribution in [3.05, 3.63) is 87.5 Å². The SMILES string of the molecule is Cc1ccc(-n2nc3c(=O)n([C@@H](C)C(=O)NCc4ccccc4)nc(C)c3c2C)cc1. The summed E-state index contributed by atoms with van der Waals surface area (Å²) in [5.74, 6) is -0.271. The fourth-order valence-corrected chi connectivity index (χ4v) is 3.69. The first kappa shape index (κ1) is 20.5. The summed E-state index contributed by atoms with van der Waals surface area (Å²) in [5.41, 5.74) is 4.45. The van der Waals surface area contributed by atoms with Gasteiger partial charge in [-0.3, -0.25) is 9.59 Å². The molecule has 7 heteroatoms. The van der Waals surface area contributed by atoms with Crippen LogP contribution in [0.25, 0.3) is 16.6 Å². The number of nitrogens with zero attached hydrogens (tertiary/aromatic N) is 4. The number of hydrogen-bond donors (Lipinski definition) is 1. The zero-order chi connectivity index (χ0) is 22.1. The van der Waals surface area contributed by atoms with Gasteiger partial charge in [-0.2, -0.15) is 10.2 Å². The molecule has 2 heterocycles. The number of benzene rings is 2. The summed E-state index contributed by atoms with van der Waals surface area (Å²) in [5, 5.41) is 12.6. The molecule has 0 bridgehead atoms. The lowest BCUT2D eigenvalue weighted by Gasteiger charge is -2.15. The third-order valence-corrected chi connectivity index (χ3v) is 5.48. The second kappa shape index (κ2) is 8.18. The lowest BCUT2D eigenvalue weighted by Crippen LogP contribution is -2.37. The van der Waals surface area contributed by atoms with E-state index < -0.39 is 6.04 Å². The first-order valence-corrected chi connectivity index (χ1v) is 10.2. The molecule has 1 amide bonds. The van der Waals surface area contributed by atoms with E-state index in [1.165, 1.54) is 4.68 Å². The molecule has 7 nitrogen and oxygen atoms in total. The number of aryl methyl sites for hydroxylation is 3. The number of aromatic nitrogens is 4. The van der Waals surface area contributed by atoms with Crippen LogP contribution in [-0.2, 0) is 11.3 Å². The van der Waals surface area contributed by atoms with Gasteiger partial charge >= 0.3 is 0 Å². The highest BCUT2D eigenvalue weighted by molar-refractivity contribution is 5.84. The van der Waals surface area contributed by atoms with Crippen molar-refractivity contribution >= 4 is 16.8 Å². The third-order valence-electron chi connectivity index (χ3n) is 5.48. The third kappa shape index (κ3) is 3.86. The maximum atomic E-state index is 13.2. The van der Waals surface area contributed by atoms with Gasteiger partial charge in [0.1, 0.15) is 6.04 Å². The van der Waals surface area contributed by atoms with Crippen LogP contribution in [0.4, 0.5) is 0 Å².